The summed E-state index contributed by atoms with van der Waals surface area (Å²) in [6.07, 6.45) is 1.33. The first-order valence-corrected chi connectivity index (χ1v) is 14.1. The summed E-state index contributed by atoms with van der Waals surface area (Å²) in [5.41, 5.74) is 0.111. The molecule has 3 aromatic rings. The van der Waals surface area contributed by atoms with Crippen molar-refractivity contribution in [2.24, 2.45) is 7.05 Å². The number of aryl methyl sites for hydroxylation is 1. The van der Waals surface area contributed by atoms with E-state index in [4.69, 9.17) is 4.74 Å². The predicted octanol–water partition coefficient (Wildman–Crippen LogP) is 5.28. The first-order valence-electron chi connectivity index (χ1n) is 14.1. The SMILES string of the molecule is COc1nc2c(=O)n(C)nc(N[C@H](C)c3cccc(C(F)(F)CCN(C)C)c3F)c2cc1C1CCN(C(C)C)CC1. The van der Waals surface area contributed by atoms with E-state index in [1.807, 2.05) is 6.07 Å². The summed E-state index contributed by atoms with van der Waals surface area (Å²) in [5.74, 6) is -3.38. The number of benzene rings is 1. The molecule has 1 aliphatic rings. The summed E-state index contributed by atoms with van der Waals surface area (Å²) in [6.45, 7) is 8.04. The summed E-state index contributed by atoms with van der Waals surface area (Å²) < 4.78 is 52.2. The van der Waals surface area contributed by atoms with E-state index in [1.165, 1.54) is 26.3 Å². The van der Waals surface area contributed by atoms with E-state index in [9.17, 15) is 13.6 Å². The van der Waals surface area contributed by atoms with Crippen molar-refractivity contribution in [2.75, 3.05) is 46.2 Å². The predicted molar refractivity (Wildman–Crippen MR) is 156 cm³/mol. The van der Waals surface area contributed by atoms with Gasteiger partial charge in [0.2, 0.25) is 5.88 Å². The highest BCUT2D eigenvalue weighted by Crippen LogP contribution is 2.38. The Hall–Kier alpha value is -3.18. The van der Waals surface area contributed by atoms with Crippen LogP contribution >= 0.6 is 0 Å². The zero-order valence-electron chi connectivity index (χ0n) is 25.0. The van der Waals surface area contributed by atoms with E-state index < -0.39 is 35.3 Å². The monoisotopic (exact) mass is 574 g/mol. The Kier molecular flexibility index (Phi) is 9.28. The van der Waals surface area contributed by atoms with Crippen molar-refractivity contribution in [1.82, 2.24) is 24.6 Å². The fourth-order valence-electron chi connectivity index (χ4n) is 5.50. The average molecular weight is 575 g/mol. The van der Waals surface area contributed by atoms with E-state index in [0.717, 1.165) is 42.2 Å². The van der Waals surface area contributed by atoms with E-state index in [0.29, 0.717) is 23.1 Å². The number of rotatable bonds is 10. The third-order valence-corrected chi connectivity index (χ3v) is 8.03. The van der Waals surface area contributed by atoms with Crippen LogP contribution in [0.3, 0.4) is 0 Å². The molecule has 41 heavy (non-hydrogen) atoms. The molecule has 2 aromatic heterocycles. The lowest BCUT2D eigenvalue weighted by atomic mass is 9.89. The molecule has 0 radical (unpaired) electrons. The van der Waals surface area contributed by atoms with Crippen LogP contribution in [0.2, 0.25) is 0 Å². The van der Waals surface area contributed by atoms with Crippen LogP contribution in [0.4, 0.5) is 19.0 Å². The second kappa shape index (κ2) is 12.4. The van der Waals surface area contributed by atoms with Gasteiger partial charge in [-0.2, -0.15) is 5.10 Å². The van der Waals surface area contributed by atoms with Crippen LogP contribution in [0.1, 0.15) is 68.7 Å². The Morgan fingerprint density at radius 1 is 1.20 bits per heavy atom. The quantitative estimate of drug-likeness (QED) is 0.353. The van der Waals surface area contributed by atoms with Crippen molar-refractivity contribution >= 4 is 16.7 Å². The molecule has 1 atom stereocenters. The minimum absolute atomic E-state index is 0.0820. The summed E-state index contributed by atoms with van der Waals surface area (Å²) >= 11 is 0. The van der Waals surface area contributed by atoms with Crippen molar-refractivity contribution in [3.05, 3.63) is 57.1 Å². The minimum atomic E-state index is -3.33. The van der Waals surface area contributed by atoms with Crippen molar-refractivity contribution in [2.45, 2.75) is 64.0 Å². The maximum atomic E-state index is 15.6. The van der Waals surface area contributed by atoms with Crippen LogP contribution in [0, 0.1) is 5.82 Å². The molecular formula is C30H41F3N6O2. The smallest absolute Gasteiger partial charge is 0.293 e. The van der Waals surface area contributed by atoms with Crippen LogP contribution < -0.4 is 15.6 Å². The number of hydrogen-bond donors (Lipinski definition) is 1. The highest BCUT2D eigenvalue weighted by molar-refractivity contribution is 5.89. The van der Waals surface area contributed by atoms with Gasteiger partial charge in [0.1, 0.15) is 11.3 Å². The largest absolute Gasteiger partial charge is 0.481 e. The number of halogens is 3. The lowest BCUT2D eigenvalue weighted by Gasteiger charge is -2.35. The molecule has 11 heteroatoms. The number of ether oxygens (including phenoxy) is 1. The number of nitrogens with one attached hydrogen (secondary N) is 1. The van der Waals surface area contributed by atoms with Crippen LogP contribution in [0.15, 0.2) is 29.1 Å². The molecule has 0 spiro atoms. The number of hydrogen-bond acceptors (Lipinski definition) is 7. The van der Waals surface area contributed by atoms with Gasteiger partial charge < -0.3 is 19.9 Å². The summed E-state index contributed by atoms with van der Waals surface area (Å²) in [5, 5.41) is 8.08. The average Bonchev–Trinajstić information content (AvgIpc) is 2.94. The normalized spacial score (nSPS) is 16.1. The molecule has 224 valence electrons. The summed E-state index contributed by atoms with van der Waals surface area (Å²) in [4.78, 5) is 21.7. The van der Waals surface area contributed by atoms with Gasteiger partial charge in [-0.15, -0.1) is 0 Å². The maximum absolute atomic E-state index is 15.6. The third kappa shape index (κ3) is 6.51. The molecule has 4 rings (SSSR count). The number of pyridine rings is 1. The van der Waals surface area contributed by atoms with Gasteiger partial charge in [0.25, 0.3) is 11.5 Å². The van der Waals surface area contributed by atoms with Gasteiger partial charge in [0, 0.05) is 37.2 Å². The Morgan fingerprint density at radius 3 is 2.49 bits per heavy atom. The number of likely N-dealkylation sites (tertiary alicyclic amines) is 1. The fraction of sp³-hybridized carbons (Fsp3) is 0.567. The lowest BCUT2D eigenvalue weighted by Crippen LogP contribution is -2.38. The first-order chi connectivity index (χ1) is 19.3. The molecule has 0 amide bonds. The zero-order chi connectivity index (χ0) is 30.1. The van der Waals surface area contributed by atoms with Gasteiger partial charge in [-0.3, -0.25) is 4.79 Å². The summed E-state index contributed by atoms with van der Waals surface area (Å²) in [6, 6.07) is 5.68. The number of nitrogens with zero attached hydrogens (tertiary/aromatic N) is 5. The van der Waals surface area contributed by atoms with Crippen molar-refractivity contribution in [3.8, 4) is 5.88 Å². The molecule has 1 N–H and O–H groups in total. The van der Waals surface area contributed by atoms with Crippen LogP contribution in [0.5, 0.6) is 5.88 Å². The van der Waals surface area contributed by atoms with Crippen molar-refractivity contribution in [1.29, 1.82) is 0 Å². The molecular weight excluding hydrogens is 533 g/mol. The molecule has 0 saturated carbocycles. The van der Waals surface area contributed by atoms with E-state index in [-0.39, 0.29) is 23.5 Å². The van der Waals surface area contributed by atoms with Crippen LogP contribution in [-0.2, 0) is 13.0 Å². The number of anilines is 1. The maximum Gasteiger partial charge on any atom is 0.293 e. The van der Waals surface area contributed by atoms with Gasteiger partial charge in [-0.25, -0.2) is 22.8 Å². The van der Waals surface area contributed by atoms with Gasteiger partial charge in [0.15, 0.2) is 5.82 Å². The fourth-order valence-corrected chi connectivity index (χ4v) is 5.50. The number of piperidine rings is 1. The minimum Gasteiger partial charge on any atom is -0.481 e. The first kappa shape index (κ1) is 30.8. The molecule has 0 bridgehead atoms. The molecule has 3 heterocycles. The van der Waals surface area contributed by atoms with Gasteiger partial charge in [-0.1, -0.05) is 18.2 Å². The topological polar surface area (TPSA) is 75.5 Å². The van der Waals surface area contributed by atoms with E-state index in [2.05, 4.69) is 34.1 Å². The molecule has 1 saturated heterocycles. The number of methoxy groups -OCH3 is 1. The molecule has 1 aliphatic heterocycles. The Bertz CT molecular complexity index is 1430. The number of alkyl halides is 2. The molecule has 1 fully saturated rings. The van der Waals surface area contributed by atoms with E-state index >= 15 is 4.39 Å². The second-order valence-corrected chi connectivity index (χ2v) is 11.5. The molecule has 1 aromatic carbocycles. The third-order valence-electron chi connectivity index (χ3n) is 8.03. The molecule has 0 aliphatic carbocycles. The lowest BCUT2D eigenvalue weighted by molar-refractivity contribution is -0.0221. The van der Waals surface area contributed by atoms with Gasteiger partial charge >= 0.3 is 0 Å². The Labute approximate surface area is 239 Å². The second-order valence-electron chi connectivity index (χ2n) is 11.5. The van der Waals surface area contributed by atoms with Crippen molar-refractivity contribution in [3.63, 3.8) is 0 Å². The number of fused-ring (bicyclic) bond motifs is 1. The molecule has 0 unspecified atom stereocenters. The van der Waals surface area contributed by atoms with Crippen LogP contribution in [0.25, 0.3) is 10.9 Å². The zero-order valence-corrected chi connectivity index (χ0v) is 25.0. The van der Waals surface area contributed by atoms with Crippen molar-refractivity contribution < 1.29 is 17.9 Å². The van der Waals surface area contributed by atoms with E-state index in [1.54, 1.807) is 25.9 Å². The Morgan fingerprint density at radius 2 is 1.88 bits per heavy atom. The highest BCUT2D eigenvalue weighted by atomic mass is 19.3. The highest BCUT2D eigenvalue weighted by Gasteiger charge is 2.36. The van der Waals surface area contributed by atoms with Crippen LogP contribution in [-0.4, -0.2) is 71.4 Å². The molecule has 8 nitrogen and oxygen atoms in total. The standard InChI is InChI=1S/C30H41F3N6O2/c1-18(2)39-14-11-20(12-15-39)22-17-23-26(35-28(22)41-7)29(40)38(6)36-27(23)34-19(3)21-9-8-10-24(25(21)31)30(32,33)13-16-37(4)5/h8-10,17-20H,11-16H2,1-7H3,(H,34,36)/t19-/m1/s1. The number of aromatic nitrogens is 3. The van der Waals surface area contributed by atoms with Gasteiger partial charge in [-0.05, 0) is 72.8 Å². The Balaban J connectivity index is 1.71. The summed E-state index contributed by atoms with van der Waals surface area (Å²) in [7, 11) is 6.44. The van der Waals surface area contributed by atoms with Gasteiger partial charge in [0.05, 0.1) is 24.1 Å².